The standard InChI is InChI=1S/C10H13Cl2NO3S2/c1-10(14)3-2-4-13(6-10)18(15,16)7-5-8(11)17-9(7)12/h5,14H,2-4,6H2,1H3. The van der Waals surface area contributed by atoms with Gasteiger partial charge >= 0.3 is 0 Å². The lowest BCUT2D eigenvalue weighted by molar-refractivity contribution is 0.00941. The predicted molar refractivity (Wildman–Crippen MR) is 73.0 cm³/mol. The van der Waals surface area contributed by atoms with Crippen LogP contribution < -0.4 is 0 Å². The van der Waals surface area contributed by atoms with Crippen LogP contribution in [0, 0.1) is 0 Å². The summed E-state index contributed by atoms with van der Waals surface area (Å²) in [6.45, 7) is 2.11. The van der Waals surface area contributed by atoms with Gasteiger partial charge in [-0.05, 0) is 25.8 Å². The quantitative estimate of drug-likeness (QED) is 0.907. The molecule has 0 bridgehead atoms. The van der Waals surface area contributed by atoms with Crippen molar-refractivity contribution in [2.75, 3.05) is 13.1 Å². The number of piperidine rings is 1. The normalized spacial score (nSPS) is 26.4. The van der Waals surface area contributed by atoms with Crippen LogP contribution in [0.3, 0.4) is 0 Å². The maximum absolute atomic E-state index is 12.4. The Morgan fingerprint density at radius 1 is 1.50 bits per heavy atom. The van der Waals surface area contributed by atoms with E-state index in [1.165, 1.54) is 10.4 Å². The Labute approximate surface area is 120 Å². The first kappa shape index (κ1) is 14.6. The van der Waals surface area contributed by atoms with Gasteiger partial charge in [0.25, 0.3) is 0 Å². The molecule has 1 aliphatic rings. The summed E-state index contributed by atoms with van der Waals surface area (Å²) in [6.07, 6.45) is 1.22. The molecule has 1 saturated heterocycles. The van der Waals surface area contributed by atoms with Gasteiger partial charge in [-0.25, -0.2) is 8.42 Å². The van der Waals surface area contributed by atoms with E-state index in [1.54, 1.807) is 6.92 Å². The third kappa shape index (κ3) is 2.84. The number of halogens is 2. The SMILES string of the molecule is CC1(O)CCCN(S(=O)(=O)c2cc(Cl)sc2Cl)C1. The van der Waals surface area contributed by atoms with Crippen molar-refractivity contribution in [2.45, 2.75) is 30.3 Å². The number of β-amino-alcohol motifs (C(OH)–C–C–N with tert-alkyl or cyclic N) is 1. The average molecular weight is 330 g/mol. The van der Waals surface area contributed by atoms with Crippen molar-refractivity contribution in [1.82, 2.24) is 4.31 Å². The van der Waals surface area contributed by atoms with E-state index >= 15 is 0 Å². The minimum atomic E-state index is -3.68. The summed E-state index contributed by atoms with van der Waals surface area (Å²) in [6, 6.07) is 1.35. The third-order valence-corrected chi connectivity index (χ3v) is 6.48. The number of rotatable bonds is 2. The second-order valence-electron chi connectivity index (χ2n) is 4.63. The summed E-state index contributed by atoms with van der Waals surface area (Å²) in [5.74, 6) is 0. The fourth-order valence-corrected chi connectivity index (χ4v) is 5.73. The zero-order valence-electron chi connectivity index (χ0n) is 9.69. The molecule has 1 aromatic heterocycles. The van der Waals surface area contributed by atoms with Crippen molar-refractivity contribution in [3.63, 3.8) is 0 Å². The second-order valence-corrected chi connectivity index (χ2v) is 8.82. The molecule has 0 aromatic carbocycles. The monoisotopic (exact) mass is 329 g/mol. The first-order valence-electron chi connectivity index (χ1n) is 5.40. The Kier molecular flexibility index (Phi) is 3.98. The lowest BCUT2D eigenvalue weighted by Crippen LogP contribution is -2.48. The molecule has 18 heavy (non-hydrogen) atoms. The van der Waals surface area contributed by atoms with Crippen molar-refractivity contribution in [3.8, 4) is 0 Å². The average Bonchev–Trinajstić information content (AvgIpc) is 2.57. The van der Waals surface area contributed by atoms with Crippen molar-refractivity contribution < 1.29 is 13.5 Å². The van der Waals surface area contributed by atoms with Crippen LogP contribution in [0.1, 0.15) is 19.8 Å². The van der Waals surface area contributed by atoms with Gasteiger partial charge in [-0.2, -0.15) is 4.31 Å². The highest BCUT2D eigenvalue weighted by atomic mass is 35.5. The largest absolute Gasteiger partial charge is 0.389 e. The molecule has 1 aliphatic heterocycles. The van der Waals surface area contributed by atoms with E-state index in [2.05, 4.69) is 0 Å². The summed E-state index contributed by atoms with van der Waals surface area (Å²) in [5, 5.41) is 9.97. The zero-order chi connectivity index (χ0) is 13.6. The molecule has 1 N–H and O–H groups in total. The molecule has 0 radical (unpaired) electrons. The molecule has 0 aliphatic carbocycles. The number of sulfonamides is 1. The summed E-state index contributed by atoms with van der Waals surface area (Å²) in [5.41, 5.74) is -0.988. The van der Waals surface area contributed by atoms with Gasteiger partial charge in [-0.15, -0.1) is 11.3 Å². The van der Waals surface area contributed by atoms with Gasteiger partial charge < -0.3 is 5.11 Å². The van der Waals surface area contributed by atoms with E-state index in [4.69, 9.17) is 23.2 Å². The van der Waals surface area contributed by atoms with Gasteiger partial charge in [0.05, 0.1) is 9.94 Å². The molecule has 0 saturated carbocycles. The van der Waals surface area contributed by atoms with Gasteiger partial charge in [0.1, 0.15) is 9.23 Å². The molecule has 1 fully saturated rings. The molecule has 2 rings (SSSR count). The maximum atomic E-state index is 12.4. The molecule has 4 nitrogen and oxygen atoms in total. The van der Waals surface area contributed by atoms with E-state index < -0.39 is 15.6 Å². The first-order valence-corrected chi connectivity index (χ1v) is 8.41. The number of aliphatic hydroxyl groups is 1. The van der Waals surface area contributed by atoms with Gasteiger partial charge in [-0.3, -0.25) is 0 Å². The lowest BCUT2D eigenvalue weighted by Gasteiger charge is -2.35. The summed E-state index contributed by atoms with van der Waals surface area (Å²) < 4.78 is 26.5. The molecule has 0 spiro atoms. The van der Waals surface area contributed by atoms with Gasteiger partial charge in [0, 0.05) is 13.1 Å². The highest BCUT2D eigenvalue weighted by Gasteiger charge is 2.36. The van der Waals surface area contributed by atoms with Crippen molar-refractivity contribution in [1.29, 1.82) is 0 Å². The van der Waals surface area contributed by atoms with Gasteiger partial charge in [0.2, 0.25) is 10.0 Å². The molecule has 1 aromatic rings. The Morgan fingerprint density at radius 3 is 2.67 bits per heavy atom. The van der Waals surface area contributed by atoms with Gasteiger partial charge in [0.15, 0.2) is 0 Å². The predicted octanol–water partition coefficient (Wildman–Crippen LogP) is 2.59. The van der Waals surface area contributed by atoms with Crippen molar-refractivity contribution >= 4 is 44.6 Å². The zero-order valence-corrected chi connectivity index (χ0v) is 12.8. The molecule has 1 atom stereocenters. The first-order chi connectivity index (χ1) is 8.22. The Morgan fingerprint density at radius 2 is 2.17 bits per heavy atom. The van der Waals surface area contributed by atoms with E-state index in [1.807, 2.05) is 0 Å². The fourth-order valence-electron chi connectivity index (χ4n) is 2.02. The highest BCUT2D eigenvalue weighted by Crippen LogP contribution is 2.37. The van der Waals surface area contributed by atoms with E-state index in [0.29, 0.717) is 23.7 Å². The molecule has 2 heterocycles. The molecule has 102 valence electrons. The van der Waals surface area contributed by atoms with Crippen LogP contribution in [0.5, 0.6) is 0 Å². The molecule has 0 amide bonds. The van der Waals surface area contributed by atoms with Crippen LogP contribution in [-0.4, -0.2) is 36.5 Å². The van der Waals surface area contributed by atoms with Crippen LogP contribution in [0.4, 0.5) is 0 Å². The van der Waals surface area contributed by atoms with Crippen LogP contribution in [0.25, 0.3) is 0 Å². The minimum Gasteiger partial charge on any atom is -0.389 e. The topological polar surface area (TPSA) is 57.6 Å². The van der Waals surface area contributed by atoms with Crippen LogP contribution >= 0.6 is 34.5 Å². The van der Waals surface area contributed by atoms with Crippen molar-refractivity contribution in [2.24, 2.45) is 0 Å². The van der Waals surface area contributed by atoms with E-state index in [0.717, 1.165) is 11.3 Å². The molecular weight excluding hydrogens is 317 g/mol. The molecule has 8 heteroatoms. The number of hydrogen-bond donors (Lipinski definition) is 1. The number of nitrogens with zero attached hydrogens (tertiary/aromatic N) is 1. The highest BCUT2D eigenvalue weighted by molar-refractivity contribution is 7.89. The number of thiophene rings is 1. The number of hydrogen-bond acceptors (Lipinski definition) is 4. The van der Waals surface area contributed by atoms with Gasteiger partial charge in [-0.1, -0.05) is 23.2 Å². The maximum Gasteiger partial charge on any atom is 0.245 e. The fraction of sp³-hybridized carbons (Fsp3) is 0.600. The lowest BCUT2D eigenvalue weighted by atomic mass is 9.97. The smallest absolute Gasteiger partial charge is 0.245 e. The molecule has 1 unspecified atom stereocenters. The summed E-state index contributed by atoms with van der Waals surface area (Å²) in [7, 11) is -3.68. The summed E-state index contributed by atoms with van der Waals surface area (Å²) >= 11 is 12.7. The van der Waals surface area contributed by atoms with E-state index in [-0.39, 0.29) is 15.8 Å². The molecular formula is C10H13Cl2NO3S2. The second kappa shape index (κ2) is 4.92. The van der Waals surface area contributed by atoms with Crippen LogP contribution in [0.15, 0.2) is 11.0 Å². The van der Waals surface area contributed by atoms with Crippen LogP contribution in [0.2, 0.25) is 8.67 Å². The van der Waals surface area contributed by atoms with Crippen LogP contribution in [-0.2, 0) is 10.0 Å². The minimum absolute atomic E-state index is 0.0249. The Balaban J connectivity index is 2.34. The van der Waals surface area contributed by atoms with E-state index in [9.17, 15) is 13.5 Å². The Bertz CT molecular complexity index is 553. The van der Waals surface area contributed by atoms with Crippen molar-refractivity contribution in [3.05, 3.63) is 14.7 Å². The summed E-state index contributed by atoms with van der Waals surface area (Å²) in [4.78, 5) is 0.0249. The third-order valence-electron chi connectivity index (χ3n) is 2.88. The Hall–Kier alpha value is 0.150.